The van der Waals surface area contributed by atoms with Crippen molar-refractivity contribution in [2.24, 2.45) is 0 Å². The predicted octanol–water partition coefficient (Wildman–Crippen LogP) is 2.25. The summed E-state index contributed by atoms with van der Waals surface area (Å²) in [5, 5.41) is 0. The number of nitrogens with zero attached hydrogens (tertiary/aromatic N) is 2. The Hall–Kier alpha value is -2.32. The minimum atomic E-state index is -0.368. The van der Waals surface area contributed by atoms with Crippen LogP contribution in [0.1, 0.15) is 28.8 Å². The molecule has 1 aromatic carbocycles. The number of rotatable bonds is 7. The Labute approximate surface area is 106 Å². The molecule has 92 valence electrons. The fourth-order valence-corrected chi connectivity index (χ4v) is 1.63. The van der Waals surface area contributed by atoms with Gasteiger partial charge in [0, 0.05) is 18.4 Å². The molecule has 0 aliphatic heterocycles. The van der Waals surface area contributed by atoms with Crippen LogP contribution in [0, 0.1) is 0 Å². The summed E-state index contributed by atoms with van der Waals surface area (Å²) in [5.41, 5.74) is 9.71. The van der Waals surface area contributed by atoms with Gasteiger partial charge in [0.15, 0.2) is 5.78 Å². The summed E-state index contributed by atoms with van der Waals surface area (Å²) >= 11 is 0. The molecule has 0 unspecified atom stereocenters. The third-order valence-corrected chi connectivity index (χ3v) is 2.48. The van der Waals surface area contributed by atoms with Crippen LogP contribution in [-0.4, -0.2) is 22.6 Å². The minimum absolute atomic E-state index is 0.0469. The van der Waals surface area contributed by atoms with Crippen molar-refractivity contribution < 1.29 is 14.4 Å². The van der Waals surface area contributed by atoms with Crippen LogP contribution in [0.5, 0.6) is 0 Å². The Balaban J connectivity index is 2.75. The molecule has 0 radical (unpaired) electrons. The second kappa shape index (κ2) is 7.09. The number of benzene rings is 1. The molecule has 18 heavy (non-hydrogen) atoms. The summed E-state index contributed by atoms with van der Waals surface area (Å²) in [6.45, 7) is 3.64. The van der Waals surface area contributed by atoms with Crippen LogP contribution in [0.15, 0.2) is 36.9 Å². The fourth-order valence-electron chi connectivity index (χ4n) is 1.63. The van der Waals surface area contributed by atoms with E-state index >= 15 is 0 Å². The van der Waals surface area contributed by atoms with Crippen molar-refractivity contribution in [1.29, 1.82) is 0 Å². The van der Waals surface area contributed by atoms with Crippen molar-refractivity contribution in [3.63, 3.8) is 0 Å². The lowest BCUT2D eigenvalue weighted by atomic mass is 9.98. The highest BCUT2D eigenvalue weighted by atomic mass is 16.1. The zero-order valence-electron chi connectivity index (χ0n) is 10.0. The van der Waals surface area contributed by atoms with Gasteiger partial charge in [0.2, 0.25) is 5.78 Å². The topological polar surface area (TPSA) is 70.5 Å². The quantitative estimate of drug-likeness (QED) is 0.242. The second-order valence-electron chi connectivity index (χ2n) is 3.78. The smallest absolute Gasteiger partial charge is 0.323 e. The maximum Gasteiger partial charge on any atom is 0.323 e. The zero-order valence-corrected chi connectivity index (χ0v) is 10.0. The molecule has 0 aliphatic carbocycles. The molecule has 0 saturated heterocycles. The maximum atomic E-state index is 12.0. The van der Waals surface area contributed by atoms with Crippen molar-refractivity contribution in [3.05, 3.63) is 53.6 Å². The zero-order chi connectivity index (χ0) is 13.4. The van der Waals surface area contributed by atoms with Gasteiger partial charge in [-0.1, -0.05) is 30.3 Å². The molecule has 1 aromatic rings. The van der Waals surface area contributed by atoms with Gasteiger partial charge >= 0.3 is 6.21 Å². The highest BCUT2D eigenvalue weighted by molar-refractivity contribution is 6.25. The molecule has 0 N–H and O–H groups in total. The molecular weight excluding hydrogens is 228 g/mol. The van der Waals surface area contributed by atoms with Gasteiger partial charge < -0.3 is 5.53 Å². The van der Waals surface area contributed by atoms with Gasteiger partial charge in [0.25, 0.3) is 0 Å². The van der Waals surface area contributed by atoms with Crippen LogP contribution in [-0.2, 0) is 11.2 Å². The predicted molar refractivity (Wildman–Crippen MR) is 68.6 cm³/mol. The SMILES string of the molecule is C=CCc1ccccc1C(=O)CCC(=O)C=[N+]=[N-]. The van der Waals surface area contributed by atoms with Crippen LogP contribution in [0.3, 0.4) is 0 Å². The Kier molecular flexibility index (Phi) is 5.42. The Morgan fingerprint density at radius 1 is 1.28 bits per heavy atom. The standard InChI is InChI=1S/C14H14N2O2/c1-2-5-11-6-3-4-7-13(11)14(18)9-8-12(17)10-16-15/h2-4,6-7,10H,1,5,8-9H2. The number of hydrogen-bond donors (Lipinski definition) is 0. The molecular formula is C14H14N2O2. The van der Waals surface area contributed by atoms with Crippen molar-refractivity contribution in [2.75, 3.05) is 0 Å². The van der Waals surface area contributed by atoms with E-state index < -0.39 is 0 Å². The number of hydrogen-bond acceptors (Lipinski definition) is 2. The summed E-state index contributed by atoms with van der Waals surface area (Å²) in [6.07, 6.45) is 3.32. The highest BCUT2D eigenvalue weighted by Crippen LogP contribution is 2.13. The van der Waals surface area contributed by atoms with Gasteiger partial charge in [0.05, 0.1) is 0 Å². The van der Waals surface area contributed by atoms with Crippen molar-refractivity contribution in [3.8, 4) is 0 Å². The van der Waals surface area contributed by atoms with Gasteiger partial charge in [0.1, 0.15) is 0 Å². The van der Waals surface area contributed by atoms with Crippen LogP contribution >= 0.6 is 0 Å². The number of carbonyl (C=O) groups is 2. The van der Waals surface area contributed by atoms with Crippen molar-refractivity contribution >= 4 is 17.8 Å². The molecule has 0 aliphatic rings. The first-order valence-electron chi connectivity index (χ1n) is 5.61. The Bertz CT molecular complexity index is 514. The normalized spacial score (nSPS) is 9.33. The molecule has 0 saturated carbocycles. The van der Waals surface area contributed by atoms with Crippen LogP contribution in [0.25, 0.3) is 5.53 Å². The molecule has 0 fully saturated rings. The van der Waals surface area contributed by atoms with E-state index in [1.165, 1.54) is 0 Å². The summed E-state index contributed by atoms with van der Waals surface area (Å²) in [4.78, 5) is 25.7. The van der Waals surface area contributed by atoms with Crippen LogP contribution in [0.4, 0.5) is 0 Å². The summed E-state index contributed by atoms with van der Waals surface area (Å²) < 4.78 is 0. The monoisotopic (exact) mass is 242 g/mol. The Morgan fingerprint density at radius 3 is 2.67 bits per heavy atom. The van der Waals surface area contributed by atoms with Crippen LogP contribution in [0.2, 0.25) is 0 Å². The number of allylic oxidation sites excluding steroid dienone is 1. The number of Topliss-reactive ketones (excluding diaryl/α,β-unsaturated/α-hetero) is 2. The van der Waals surface area contributed by atoms with E-state index in [0.717, 1.165) is 11.8 Å². The Morgan fingerprint density at radius 2 is 2.00 bits per heavy atom. The number of carbonyl (C=O) groups excluding carboxylic acids is 2. The van der Waals surface area contributed by atoms with Gasteiger partial charge in [-0.25, -0.2) is 0 Å². The molecule has 0 spiro atoms. The van der Waals surface area contributed by atoms with Gasteiger partial charge in [-0.15, -0.1) is 6.58 Å². The molecule has 0 heterocycles. The first kappa shape index (κ1) is 13.7. The average molecular weight is 242 g/mol. The van der Waals surface area contributed by atoms with E-state index in [0.29, 0.717) is 12.0 Å². The molecule has 0 amide bonds. The van der Waals surface area contributed by atoms with Gasteiger partial charge in [-0.3, -0.25) is 9.59 Å². The van der Waals surface area contributed by atoms with E-state index in [1.54, 1.807) is 18.2 Å². The molecule has 4 heteroatoms. The molecule has 0 aromatic heterocycles. The largest absolute Gasteiger partial charge is 0.361 e. The highest BCUT2D eigenvalue weighted by Gasteiger charge is 2.12. The molecule has 0 atom stereocenters. The van der Waals surface area contributed by atoms with E-state index in [4.69, 9.17) is 5.53 Å². The maximum absolute atomic E-state index is 12.0. The fraction of sp³-hybridized carbons (Fsp3) is 0.214. The lowest BCUT2D eigenvalue weighted by Crippen LogP contribution is -2.08. The lowest BCUT2D eigenvalue weighted by molar-refractivity contribution is -0.116. The lowest BCUT2D eigenvalue weighted by Gasteiger charge is -2.05. The van der Waals surface area contributed by atoms with Gasteiger partial charge in [-0.2, -0.15) is 4.79 Å². The first-order valence-corrected chi connectivity index (χ1v) is 5.61. The van der Waals surface area contributed by atoms with E-state index in [-0.39, 0.29) is 24.4 Å². The van der Waals surface area contributed by atoms with Crippen LogP contribution < -0.4 is 0 Å². The second-order valence-corrected chi connectivity index (χ2v) is 3.78. The molecule has 0 bridgehead atoms. The number of ketones is 2. The summed E-state index contributed by atoms with van der Waals surface area (Å²) in [5.74, 6) is -0.459. The molecule has 4 nitrogen and oxygen atoms in total. The van der Waals surface area contributed by atoms with Crippen molar-refractivity contribution in [1.82, 2.24) is 0 Å². The van der Waals surface area contributed by atoms with E-state index in [2.05, 4.69) is 11.4 Å². The van der Waals surface area contributed by atoms with E-state index in [1.807, 2.05) is 12.1 Å². The first-order chi connectivity index (χ1) is 8.69. The van der Waals surface area contributed by atoms with Gasteiger partial charge in [-0.05, 0) is 12.0 Å². The minimum Gasteiger partial charge on any atom is -0.361 e. The third kappa shape index (κ3) is 3.92. The average Bonchev–Trinajstić information content (AvgIpc) is 2.37. The third-order valence-electron chi connectivity index (χ3n) is 2.48. The summed E-state index contributed by atoms with van der Waals surface area (Å²) in [6, 6.07) is 7.26. The summed E-state index contributed by atoms with van der Waals surface area (Å²) in [7, 11) is 0. The van der Waals surface area contributed by atoms with E-state index in [9.17, 15) is 9.59 Å². The van der Waals surface area contributed by atoms with Crippen molar-refractivity contribution in [2.45, 2.75) is 19.3 Å². The molecule has 1 rings (SSSR count).